The normalized spacial score (nSPS) is 18.2. The van der Waals surface area contributed by atoms with Crippen molar-refractivity contribution in [3.8, 4) is 5.75 Å². The molecule has 2 aliphatic rings. The van der Waals surface area contributed by atoms with Crippen molar-refractivity contribution in [2.75, 3.05) is 19.0 Å². The van der Waals surface area contributed by atoms with E-state index in [1.807, 2.05) is 24.3 Å². The van der Waals surface area contributed by atoms with Gasteiger partial charge in [0.2, 0.25) is 0 Å². The summed E-state index contributed by atoms with van der Waals surface area (Å²) in [6.07, 6.45) is 0.575. The Morgan fingerprint density at radius 2 is 2.03 bits per heavy atom. The first-order valence-electron chi connectivity index (χ1n) is 9.94. The molecule has 1 amide bonds. The molecule has 2 N–H and O–H groups in total. The zero-order valence-electron chi connectivity index (χ0n) is 16.6. The molecule has 0 saturated carbocycles. The Kier molecular flexibility index (Phi) is 5.26. The Morgan fingerprint density at radius 1 is 1.20 bits per heavy atom. The molecule has 0 aliphatic carbocycles. The van der Waals surface area contributed by atoms with Gasteiger partial charge in [-0.3, -0.25) is 9.69 Å². The first-order chi connectivity index (χ1) is 14.6. The molecule has 30 heavy (non-hydrogen) atoms. The number of rotatable bonds is 4. The highest BCUT2D eigenvalue weighted by molar-refractivity contribution is 9.10. The number of methoxy groups -OCH3 is 1. The van der Waals surface area contributed by atoms with Crippen molar-refractivity contribution in [3.63, 3.8) is 0 Å². The topological polar surface area (TPSA) is 53.6 Å². The van der Waals surface area contributed by atoms with Crippen molar-refractivity contribution in [1.82, 2.24) is 10.2 Å². The monoisotopic (exact) mass is 483 g/mol. The first-order valence-corrected chi connectivity index (χ1v) is 11.5. The van der Waals surface area contributed by atoms with Gasteiger partial charge < -0.3 is 15.4 Å². The van der Waals surface area contributed by atoms with Crippen LogP contribution in [0.2, 0.25) is 0 Å². The molecule has 1 atom stereocenters. The second kappa shape index (κ2) is 8.06. The average molecular weight is 484 g/mol. The van der Waals surface area contributed by atoms with Gasteiger partial charge in [0.15, 0.2) is 0 Å². The Balaban J connectivity index is 1.41. The van der Waals surface area contributed by atoms with Crippen molar-refractivity contribution in [2.24, 2.45) is 0 Å². The molecule has 3 heterocycles. The van der Waals surface area contributed by atoms with E-state index < -0.39 is 0 Å². The third-order valence-electron chi connectivity index (χ3n) is 5.67. The van der Waals surface area contributed by atoms with Crippen LogP contribution in [0.25, 0.3) is 0 Å². The summed E-state index contributed by atoms with van der Waals surface area (Å²) in [5.41, 5.74) is 4.24. The fourth-order valence-electron chi connectivity index (χ4n) is 4.23. The summed E-state index contributed by atoms with van der Waals surface area (Å²) >= 11 is 5.23. The van der Waals surface area contributed by atoms with Gasteiger partial charge >= 0.3 is 0 Å². The van der Waals surface area contributed by atoms with Crippen LogP contribution in [0.3, 0.4) is 0 Å². The molecule has 2 aliphatic heterocycles. The number of hydrogen-bond acceptors (Lipinski definition) is 5. The predicted octanol–water partition coefficient (Wildman–Crippen LogP) is 4.93. The summed E-state index contributed by atoms with van der Waals surface area (Å²) in [5.74, 6) is 0.736. The predicted molar refractivity (Wildman–Crippen MR) is 123 cm³/mol. The summed E-state index contributed by atoms with van der Waals surface area (Å²) in [6, 6.07) is 16.4. The van der Waals surface area contributed by atoms with Gasteiger partial charge in [-0.1, -0.05) is 46.3 Å². The number of benzene rings is 2. The van der Waals surface area contributed by atoms with Gasteiger partial charge in [0.1, 0.15) is 16.9 Å². The third-order valence-corrected chi connectivity index (χ3v) is 7.31. The maximum atomic E-state index is 13.0. The molecule has 3 aromatic rings. The van der Waals surface area contributed by atoms with E-state index in [0.717, 1.165) is 52.4 Å². The number of hydrogen-bond donors (Lipinski definition) is 2. The molecule has 0 bridgehead atoms. The van der Waals surface area contributed by atoms with E-state index in [4.69, 9.17) is 4.74 Å². The summed E-state index contributed by atoms with van der Waals surface area (Å²) in [5, 5.41) is 7.61. The number of halogens is 1. The van der Waals surface area contributed by atoms with Gasteiger partial charge in [0.25, 0.3) is 5.91 Å². The zero-order chi connectivity index (χ0) is 20.7. The van der Waals surface area contributed by atoms with Crippen LogP contribution in [0.15, 0.2) is 53.0 Å². The number of fused-ring (bicyclic) bond motifs is 3. The second-order valence-electron chi connectivity index (χ2n) is 7.59. The van der Waals surface area contributed by atoms with Gasteiger partial charge in [-0.2, -0.15) is 0 Å². The Hall–Kier alpha value is -2.35. The number of amides is 1. The first kappa shape index (κ1) is 19.6. The summed E-state index contributed by atoms with van der Waals surface area (Å²) in [7, 11) is 1.65. The Bertz CT molecular complexity index is 1100. The number of nitrogens with zero attached hydrogens (tertiary/aromatic N) is 1. The van der Waals surface area contributed by atoms with Crippen LogP contribution in [0.5, 0.6) is 5.75 Å². The molecule has 0 spiro atoms. The SMILES string of the molecule is COc1ccc(Br)cc1C1NC(=O)c2c(sc3c2CCN(Cc2ccccc2)C3)N1. The van der Waals surface area contributed by atoms with E-state index in [1.165, 1.54) is 16.0 Å². The summed E-state index contributed by atoms with van der Waals surface area (Å²) in [6.45, 7) is 2.77. The molecule has 0 fully saturated rings. The summed E-state index contributed by atoms with van der Waals surface area (Å²) < 4.78 is 6.46. The smallest absolute Gasteiger partial charge is 0.256 e. The van der Waals surface area contributed by atoms with Crippen LogP contribution < -0.4 is 15.4 Å². The van der Waals surface area contributed by atoms with Crippen LogP contribution in [-0.4, -0.2) is 24.5 Å². The lowest BCUT2D eigenvalue weighted by Gasteiger charge is -2.29. The van der Waals surface area contributed by atoms with Crippen molar-refractivity contribution < 1.29 is 9.53 Å². The molecule has 1 unspecified atom stereocenters. The maximum absolute atomic E-state index is 13.0. The van der Waals surface area contributed by atoms with Crippen LogP contribution >= 0.6 is 27.3 Å². The van der Waals surface area contributed by atoms with Crippen molar-refractivity contribution in [3.05, 3.63) is 80.1 Å². The molecular formula is C23H22BrN3O2S. The van der Waals surface area contributed by atoms with E-state index in [-0.39, 0.29) is 12.1 Å². The molecule has 5 nitrogen and oxygen atoms in total. The maximum Gasteiger partial charge on any atom is 0.256 e. The average Bonchev–Trinajstić information content (AvgIpc) is 3.12. The van der Waals surface area contributed by atoms with Gasteiger partial charge in [-0.25, -0.2) is 0 Å². The van der Waals surface area contributed by atoms with E-state index in [9.17, 15) is 4.79 Å². The molecule has 0 radical (unpaired) electrons. The van der Waals surface area contributed by atoms with E-state index >= 15 is 0 Å². The Labute approximate surface area is 188 Å². The highest BCUT2D eigenvalue weighted by Crippen LogP contribution is 2.42. The van der Waals surface area contributed by atoms with Crippen LogP contribution in [0.4, 0.5) is 5.00 Å². The fourth-order valence-corrected chi connectivity index (χ4v) is 5.93. The van der Waals surface area contributed by atoms with Gasteiger partial charge in [-0.05, 0) is 35.7 Å². The lowest BCUT2D eigenvalue weighted by atomic mass is 10.00. The number of carbonyl (C=O) groups excluding carboxylic acids is 1. The third kappa shape index (κ3) is 3.62. The zero-order valence-corrected chi connectivity index (χ0v) is 19.0. The van der Waals surface area contributed by atoms with Gasteiger partial charge in [0, 0.05) is 34.5 Å². The number of anilines is 1. The highest BCUT2D eigenvalue weighted by atomic mass is 79.9. The highest BCUT2D eigenvalue weighted by Gasteiger charge is 2.34. The van der Waals surface area contributed by atoms with Crippen molar-refractivity contribution in [1.29, 1.82) is 0 Å². The quantitative estimate of drug-likeness (QED) is 0.552. The lowest BCUT2D eigenvalue weighted by molar-refractivity contribution is 0.0934. The minimum absolute atomic E-state index is 0.00946. The van der Waals surface area contributed by atoms with E-state index in [2.05, 4.69) is 55.7 Å². The van der Waals surface area contributed by atoms with E-state index in [1.54, 1.807) is 18.4 Å². The molecule has 154 valence electrons. The fraction of sp³-hybridized carbons (Fsp3) is 0.261. The standard InChI is InChI=1S/C23H22BrN3O2S/c1-29-18-8-7-15(24)11-17(18)21-25-22(28)20-16-9-10-27(12-14-5-3-2-4-6-14)13-19(16)30-23(20)26-21/h2-8,11,21,26H,9-10,12-13H2,1H3,(H,25,28). The number of carbonyl (C=O) groups is 1. The number of nitrogens with one attached hydrogen (secondary N) is 2. The number of thiophene rings is 1. The van der Waals surface area contributed by atoms with Gasteiger partial charge in [-0.15, -0.1) is 11.3 Å². The minimum atomic E-state index is -0.321. The molecule has 2 aromatic carbocycles. The molecule has 1 aromatic heterocycles. The van der Waals surface area contributed by atoms with Gasteiger partial charge in [0.05, 0.1) is 12.7 Å². The van der Waals surface area contributed by atoms with Crippen LogP contribution in [0, 0.1) is 0 Å². The van der Waals surface area contributed by atoms with Crippen LogP contribution in [-0.2, 0) is 19.5 Å². The molecular weight excluding hydrogens is 462 g/mol. The second-order valence-corrected chi connectivity index (χ2v) is 9.61. The molecule has 0 saturated heterocycles. The lowest BCUT2D eigenvalue weighted by Crippen LogP contribution is -2.39. The van der Waals surface area contributed by atoms with E-state index in [0.29, 0.717) is 0 Å². The van der Waals surface area contributed by atoms with Crippen molar-refractivity contribution in [2.45, 2.75) is 25.7 Å². The number of ether oxygens (including phenoxy) is 1. The minimum Gasteiger partial charge on any atom is -0.496 e. The summed E-state index contributed by atoms with van der Waals surface area (Å²) in [4.78, 5) is 16.8. The largest absolute Gasteiger partial charge is 0.496 e. The molecule has 5 rings (SSSR count). The van der Waals surface area contributed by atoms with Crippen LogP contribution in [0.1, 0.15) is 38.1 Å². The molecule has 7 heteroatoms. The Morgan fingerprint density at radius 3 is 2.83 bits per heavy atom. The van der Waals surface area contributed by atoms with Crippen molar-refractivity contribution >= 4 is 38.2 Å².